The van der Waals surface area contributed by atoms with Crippen molar-refractivity contribution in [3.63, 3.8) is 0 Å². The molecule has 0 saturated heterocycles. The zero-order valence-corrected chi connectivity index (χ0v) is 12.6. The minimum Gasteiger partial charge on any atom is -0.382 e. The Kier molecular flexibility index (Phi) is 6.39. The molecule has 1 N–H and O–H groups in total. The molecule has 6 heteroatoms. The second kappa shape index (κ2) is 7.57. The molecule has 3 nitrogen and oxygen atoms in total. The third-order valence-corrected chi connectivity index (χ3v) is 4.59. The van der Waals surface area contributed by atoms with Crippen LogP contribution in [-0.2, 0) is 9.84 Å². The Bertz CT molecular complexity index is 500. The van der Waals surface area contributed by atoms with E-state index in [0.29, 0.717) is 6.04 Å². The molecule has 20 heavy (non-hydrogen) atoms. The van der Waals surface area contributed by atoms with E-state index in [1.165, 1.54) is 24.3 Å². The van der Waals surface area contributed by atoms with Crippen LogP contribution in [0.25, 0.3) is 0 Å². The van der Waals surface area contributed by atoms with Crippen LogP contribution < -0.4 is 5.32 Å². The summed E-state index contributed by atoms with van der Waals surface area (Å²) in [5.41, 5.74) is 0.751. The average Bonchev–Trinajstić information content (AvgIpc) is 2.43. The van der Waals surface area contributed by atoms with Crippen molar-refractivity contribution in [3.8, 4) is 0 Å². The van der Waals surface area contributed by atoms with Gasteiger partial charge in [0, 0.05) is 11.7 Å². The maximum atomic E-state index is 12.4. The van der Waals surface area contributed by atoms with Gasteiger partial charge >= 0.3 is 5.76 Å². The molecule has 1 unspecified atom stereocenters. The smallest absolute Gasteiger partial charge is 0.341 e. The van der Waals surface area contributed by atoms with Crippen molar-refractivity contribution >= 4 is 15.5 Å². The van der Waals surface area contributed by atoms with Crippen LogP contribution >= 0.6 is 0 Å². The fourth-order valence-corrected chi connectivity index (χ4v) is 2.63. The SMILES string of the molecule is CCCCC(CC)Nc1ccc(S(=O)(=O)C(F)F)cc1. The minimum atomic E-state index is -4.50. The Morgan fingerprint density at radius 1 is 1.15 bits per heavy atom. The van der Waals surface area contributed by atoms with E-state index >= 15 is 0 Å². The highest BCUT2D eigenvalue weighted by Gasteiger charge is 2.26. The summed E-state index contributed by atoms with van der Waals surface area (Å²) < 4.78 is 47.4. The van der Waals surface area contributed by atoms with Crippen molar-refractivity contribution in [2.45, 2.75) is 56.2 Å². The number of halogens is 2. The van der Waals surface area contributed by atoms with Gasteiger partial charge in [-0.25, -0.2) is 8.42 Å². The predicted octanol–water partition coefficient (Wildman–Crippen LogP) is 4.06. The van der Waals surface area contributed by atoms with Crippen molar-refractivity contribution in [2.75, 3.05) is 5.32 Å². The lowest BCUT2D eigenvalue weighted by Gasteiger charge is -2.18. The highest BCUT2D eigenvalue weighted by molar-refractivity contribution is 7.91. The fraction of sp³-hybridized carbons (Fsp3) is 0.571. The van der Waals surface area contributed by atoms with Gasteiger partial charge in [0.2, 0.25) is 9.84 Å². The fourth-order valence-electron chi connectivity index (χ4n) is 1.91. The average molecular weight is 305 g/mol. The quantitative estimate of drug-likeness (QED) is 0.787. The third kappa shape index (κ3) is 4.44. The Balaban J connectivity index is 2.76. The van der Waals surface area contributed by atoms with Crippen LogP contribution in [0.5, 0.6) is 0 Å². The molecule has 0 saturated carbocycles. The summed E-state index contributed by atoms with van der Waals surface area (Å²) in [5, 5.41) is 3.29. The molecular formula is C14H21F2NO2S. The number of rotatable bonds is 8. The second-order valence-corrected chi connectivity index (χ2v) is 6.64. The van der Waals surface area contributed by atoms with Gasteiger partial charge in [-0.1, -0.05) is 26.7 Å². The van der Waals surface area contributed by atoms with Crippen molar-refractivity contribution in [1.29, 1.82) is 0 Å². The Morgan fingerprint density at radius 2 is 1.75 bits per heavy atom. The monoisotopic (exact) mass is 305 g/mol. The summed E-state index contributed by atoms with van der Waals surface area (Å²) in [4.78, 5) is -0.348. The van der Waals surface area contributed by atoms with Gasteiger partial charge in [0.05, 0.1) is 4.90 Å². The maximum Gasteiger partial charge on any atom is 0.341 e. The first kappa shape index (κ1) is 16.9. The Labute approximate surface area is 119 Å². The highest BCUT2D eigenvalue weighted by Crippen LogP contribution is 2.21. The summed E-state index contributed by atoms with van der Waals surface area (Å²) in [6.07, 6.45) is 4.22. The van der Waals surface area contributed by atoms with Crippen molar-refractivity contribution < 1.29 is 17.2 Å². The Morgan fingerprint density at radius 3 is 2.20 bits per heavy atom. The Hall–Kier alpha value is -1.17. The van der Waals surface area contributed by atoms with Gasteiger partial charge < -0.3 is 5.32 Å². The topological polar surface area (TPSA) is 46.2 Å². The van der Waals surface area contributed by atoms with Crippen LogP contribution in [0, 0.1) is 0 Å². The lowest BCUT2D eigenvalue weighted by atomic mass is 10.1. The number of hydrogen-bond acceptors (Lipinski definition) is 3. The van der Waals surface area contributed by atoms with Gasteiger partial charge in [-0.05, 0) is 37.1 Å². The summed E-state index contributed by atoms with van der Waals surface area (Å²) in [7, 11) is -4.50. The molecule has 1 atom stereocenters. The molecular weight excluding hydrogens is 284 g/mol. The molecule has 1 rings (SSSR count). The first-order valence-corrected chi connectivity index (χ1v) is 8.35. The number of unbranched alkanes of at least 4 members (excludes halogenated alkanes) is 1. The molecule has 0 heterocycles. The van der Waals surface area contributed by atoms with Crippen molar-refractivity contribution in [3.05, 3.63) is 24.3 Å². The van der Waals surface area contributed by atoms with Crippen LogP contribution in [0.3, 0.4) is 0 Å². The molecule has 0 bridgehead atoms. The van der Waals surface area contributed by atoms with E-state index in [9.17, 15) is 17.2 Å². The number of anilines is 1. The molecule has 0 spiro atoms. The number of hydrogen-bond donors (Lipinski definition) is 1. The normalized spacial score (nSPS) is 13.4. The van der Waals surface area contributed by atoms with E-state index in [1.807, 2.05) is 0 Å². The lowest BCUT2D eigenvalue weighted by molar-refractivity contribution is 0.234. The van der Waals surface area contributed by atoms with Gasteiger partial charge in [0.15, 0.2) is 0 Å². The van der Waals surface area contributed by atoms with E-state index in [2.05, 4.69) is 19.2 Å². The van der Waals surface area contributed by atoms with Crippen molar-refractivity contribution in [1.82, 2.24) is 0 Å². The van der Waals surface area contributed by atoms with E-state index in [0.717, 1.165) is 31.4 Å². The number of sulfone groups is 1. The largest absolute Gasteiger partial charge is 0.382 e. The molecule has 0 aromatic heterocycles. The predicted molar refractivity (Wildman–Crippen MR) is 76.9 cm³/mol. The summed E-state index contributed by atoms with van der Waals surface area (Å²) in [6, 6.07) is 5.81. The van der Waals surface area contributed by atoms with Gasteiger partial charge in [0.1, 0.15) is 0 Å². The molecule has 0 aliphatic heterocycles. The zero-order chi connectivity index (χ0) is 15.2. The molecule has 0 fully saturated rings. The van der Waals surface area contributed by atoms with Gasteiger partial charge in [-0.2, -0.15) is 8.78 Å². The van der Waals surface area contributed by atoms with E-state index in [4.69, 9.17) is 0 Å². The van der Waals surface area contributed by atoms with Crippen LogP contribution in [0.1, 0.15) is 39.5 Å². The number of benzene rings is 1. The zero-order valence-electron chi connectivity index (χ0n) is 11.8. The molecule has 1 aromatic rings. The van der Waals surface area contributed by atoms with E-state index < -0.39 is 15.6 Å². The summed E-state index contributed by atoms with van der Waals surface area (Å²) >= 11 is 0. The highest BCUT2D eigenvalue weighted by atomic mass is 32.2. The molecule has 0 amide bonds. The maximum absolute atomic E-state index is 12.4. The molecule has 0 aliphatic rings. The van der Waals surface area contributed by atoms with Gasteiger partial charge in [0.25, 0.3) is 0 Å². The van der Waals surface area contributed by atoms with Gasteiger partial charge in [-0.15, -0.1) is 0 Å². The minimum absolute atomic E-state index is 0.313. The third-order valence-electron chi connectivity index (χ3n) is 3.19. The van der Waals surface area contributed by atoms with Crippen molar-refractivity contribution in [2.24, 2.45) is 0 Å². The lowest BCUT2D eigenvalue weighted by Crippen LogP contribution is -2.18. The van der Waals surface area contributed by atoms with Crippen LogP contribution in [0.15, 0.2) is 29.2 Å². The van der Waals surface area contributed by atoms with Gasteiger partial charge in [-0.3, -0.25) is 0 Å². The van der Waals surface area contributed by atoms with E-state index in [1.54, 1.807) is 0 Å². The van der Waals surface area contributed by atoms with E-state index in [-0.39, 0.29) is 4.90 Å². The van der Waals surface area contributed by atoms with Crippen LogP contribution in [0.2, 0.25) is 0 Å². The summed E-state index contributed by atoms with van der Waals surface area (Å²) in [5.74, 6) is -3.38. The van der Waals surface area contributed by atoms with Crippen LogP contribution in [0.4, 0.5) is 14.5 Å². The number of nitrogens with one attached hydrogen (secondary N) is 1. The molecule has 0 aliphatic carbocycles. The van der Waals surface area contributed by atoms with Crippen LogP contribution in [-0.4, -0.2) is 20.2 Å². The first-order valence-electron chi connectivity index (χ1n) is 6.80. The second-order valence-electron chi connectivity index (χ2n) is 4.72. The standard InChI is InChI=1S/C14H21F2NO2S/c1-3-5-6-11(4-2)17-12-7-9-13(10-8-12)20(18,19)14(15)16/h7-11,14,17H,3-6H2,1-2H3. The summed E-state index contributed by atoms with van der Waals surface area (Å²) in [6.45, 7) is 4.19. The molecule has 0 radical (unpaired) electrons. The number of alkyl halides is 2. The first-order chi connectivity index (χ1) is 9.41. The molecule has 114 valence electrons. The molecule has 1 aromatic carbocycles.